The molecular weight excluding hydrogens is 134 g/mol. The van der Waals surface area contributed by atoms with Crippen molar-refractivity contribution in [1.82, 2.24) is 0 Å². The average Bonchev–Trinajstić information content (AvgIpc) is 0. The SMILES string of the molecule is O.O.[Al].[Mg].[Na].[Si]. The fraction of sp³-hybridized carbons (Fsp3) is 0. The van der Waals surface area contributed by atoms with Crippen molar-refractivity contribution in [3.8, 4) is 0 Å². The van der Waals surface area contributed by atoms with Gasteiger partial charge in [-0.05, 0) is 0 Å². The van der Waals surface area contributed by atoms with E-state index in [4.69, 9.17) is 0 Å². The summed E-state index contributed by atoms with van der Waals surface area (Å²) < 4.78 is 0. The molecule has 10 radical (unpaired) electrons. The Kier molecular flexibility index (Phi) is 680. The molecule has 0 heterocycles. The minimum Gasteiger partial charge on any atom is -0.412 e. The Morgan fingerprint density at radius 2 is 0.833 bits per heavy atom. The first-order valence-corrected chi connectivity index (χ1v) is 0. The molecule has 6 heteroatoms. The van der Waals surface area contributed by atoms with E-state index in [1.54, 1.807) is 0 Å². The van der Waals surface area contributed by atoms with E-state index in [1.807, 2.05) is 0 Å². The van der Waals surface area contributed by atoms with Crippen LogP contribution >= 0.6 is 0 Å². The van der Waals surface area contributed by atoms with Crippen LogP contribution in [-0.2, 0) is 0 Å². The van der Waals surface area contributed by atoms with Crippen LogP contribution in [0.2, 0.25) is 0 Å². The van der Waals surface area contributed by atoms with E-state index >= 15 is 0 Å². The summed E-state index contributed by atoms with van der Waals surface area (Å²) >= 11 is 0. The van der Waals surface area contributed by atoms with Crippen molar-refractivity contribution in [3.05, 3.63) is 0 Å². The quantitative estimate of drug-likeness (QED) is 0.317. The molecule has 0 aliphatic heterocycles. The zero-order valence-corrected chi connectivity index (χ0v) is 9.35. The zero-order chi connectivity index (χ0) is 0. The predicted octanol–water partition coefficient (Wildman–Crippen LogP) is -3.17. The maximum atomic E-state index is 0. The van der Waals surface area contributed by atoms with Gasteiger partial charge in [0, 0.05) is 80.9 Å². The third kappa shape index (κ3) is 32.1. The molecular formula is H4AlMgNaO2Si. The van der Waals surface area contributed by atoms with Crippen molar-refractivity contribution in [2.45, 2.75) is 0 Å². The monoisotopic (exact) mass is 138 g/mol. The van der Waals surface area contributed by atoms with Crippen LogP contribution in [0.3, 0.4) is 0 Å². The van der Waals surface area contributed by atoms with Crippen molar-refractivity contribution in [1.29, 1.82) is 0 Å². The van der Waals surface area contributed by atoms with Gasteiger partial charge in [-0.15, -0.1) is 0 Å². The van der Waals surface area contributed by atoms with Gasteiger partial charge in [0.1, 0.15) is 0 Å². The summed E-state index contributed by atoms with van der Waals surface area (Å²) in [5.41, 5.74) is 0. The second-order valence-corrected chi connectivity index (χ2v) is 0. The number of hydrogen-bond donors (Lipinski definition) is 0. The Bertz CT molecular complexity index is 13.5. The molecule has 0 aromatic heterocycles. The van der Waals surface area contributed by atoms with Gasteiger partial charge in [-0.1, -0.05) is 0 Å². The van der Waals surface area contributed by atoms with Crippen LogP contribution in [0.25, 0.3) is 0 Å². The molecule has 0 bridgehead atoms. The Morgan fingerprint density at radius 3 is 0.833 bits per heavy atom. The molecule has 0 unspecified atom stereocenters. The van der Waals surface area contributed by atoms with E-state index in [9.17, 15) is 0 Å². The Labute approximate surface area is 90.7 Å². The van der Waals surface area contributed by atoms with Crippen molar-refractivity contribution in [3.63, 3.8) is 0 Å². The van der Waals surface area contributed by atoms with Gasteiger partial charge in [0.25, 0.3) is 0 Å². The van der Waals surface area contributed by atoms with Gasteiger partial charge in [0.05, 0.1) is 0 Å². The first kappa shape index (κ1) is 78.6. The third-order valence-electron chi connectivity index (χ3n) is 0. The summed E-state index contributed by atoms with van der Waals surface area (Å²) in [6.45, 7) is 0. The summed E-state index contributed by atoms with van der Waals surface area (Å²) in [5.74, 6) is 0. The Hall–Kier alpha value is 2.44. The molecule has 6 heavy (non-hydrogen) atoms. The predicted molar refractivity (Wildman–Crippen MR) is 30.2 cm³/mol. The second kappa shape index (κ2) is 51.9. The van der Waals surface area contributed by atoms with E-state index < -0.39 is 0 Å². The van der Waals surface area contributed by atoms with Gasteiger partial charge in [0.15, 0.2) is 0 Å². The molecule has 0 saturated carbocycles. The largest absolute Gasteiger partial charge is 0.412 e. The first-order valence-electron chi connectivity index (χ1n) is 0. The summed E-state index contributed by atoms with van der Waals surface area (Å²) in [6.07, 6.45) is 0. The molecule has 0 aliphatic rings. The summed E-state index contributed by atoms with van der Waals surface area (Å²) in [7, 11) is 0. The molecule has 0 fully saturated rings. The third-order valence-corrected chi connectivity index (χ3v) is 0. The van der Waals surface area contributed by atoms with Crippen molar-refractivity contribution < 1.29 is 11.0 Å². The molecule has 26 valence electrons. The van der Waals surface area contributed by atoms with Crippen LogP contribution in [0.1, 0.15) is 0 Å². The molecule has 2 nitrogen and oxygen atoms in total. The minimum absolute atomic E-state index is 0. The number of hydrogen-bond acceptors (Lipinski definition) is 0. The second-order valence-electron chi connectivity index (χ2n) is 0. The molecule has 0 amide bonds. The average molecular weight is 138 g/mol. The maximum absolute atomic E-state index is 0. The molecule has 0 saturated heterocycles. The summed E-state index contributed by atoms with van der Waals surface area (Å²) in [4.78, 5) is 0. The van der Waals surface area contributed by atoms with E-state index in [0.29, 0.717) is 0 Å². The van der Waals surface area contributed by atoms with Crippen LogP contribution in [0, 0.1) is 0 Å². The van der Waals surface area contributed by atoms with Gasteiger partial charge < -0.3 is 11.0 Å². The van der Waals surface area contributed by atoms with Gasteiger partial charge in [-0.3, -0.25) is 0 Å². The van der Waals surface area contributed by atoms with Crippen LogP contribution in [-0.4, -0.2) is 91.9 Å². The van der Waals surface area contributed by atoms with Crippen molar-refractivity contribution in [2.75, 3.05) is 0 Å². The zero-order valence-electron chi connectivity index (χ0n) is 3.78. The molecule has 4 N–H and O–H groups in total. The van der Waals surface area contributed by atoms with Crippen LogP contribution in [0.4, 0.5) is 0 Å². The molecule has 0 atom stereocenters. The van der Waals surface area contributed by atoms with E-state index in [-0.39, 0.29) is 91.9 Å². The van der Waals surface area contributed by atoms with Crippen LogP contribution in [0.15, 0.2) is 0 Å². The maximum Gasteiger partial charge on any atom is 0 e. The summed E-state index contributed by atoms with van der Waals surface area (Å²) in [6, 6.07) is 0. The minimum atomic E-state index is 0. The number of rotatable bonds is 0. The fourth-order valence-electron chi connectivity index (χ4n) is 0. The van der Waals surface area contributed by atoms with Crippen molar-refractivity contribution in [2.24, 2.45) is 0 Å². The van der Waals surface area contributed by atoms with Gasteiger partial charge in [0.2, 0.25) is 0 Å². The fourth-order valence-corrected chi connectivity index (χ4v) is 0. The van der Waals surface area contributed by atoms with E-state index in [0.717, 1.165) is 0 Å². The Balaban J connectivity index is 0. The molecule has 0 aromatic rings. The van der Waals surface area contributed by atoms with Crippen molar-refractivity contribution >= 4 is 80.9 Å². The van der Waals surface area contributed by atoms with Gasteiger partial charge >= 0.3 is 0 Å². The molecule has 0 rings (SSSR count). The standard InChI is InChI=1S/Al.Mg.Na.2H2O.Si/h;;;2*1H2;. The molecule has 0 aromatic carbocycles. The van der Waals surface area contributed by atoms with E-state index in [1.165, 1.54) is 0 Å². The van der Waals surface area contributed by atoms with E-state index in [2.05, 4.69) is 0 Å². The van der Waals surface area contributed by atoms with Gasteiger partial charge in [-0.2, -0.15) is 0 Å². The Morgan fingerprint density at radius 1 is 0.833 bits per heavy atom. The smallest absolute Gasteiger partial charge is 0 e. The topological polar surface area (TPSA) is 63.0 Å². The molecule has 0 aliphatic carbocycles. The summed E-state index contributed by atoms with van der Waals surface area (Å²) in [5, 5.41) is 0. The first-order chi connectivity index (χ1) is 0. The normalized spacial score (nSPS) is 0. The van der Waals surface area contributed by atoms with Crippen LogP contribution in [0.5, 0.6) is 0 Å². The van der Waals surface area contributed by atoms with Crippen LogP contribution < -0.4 is 0 Å². The van der Waals surface area contributed by atoms with Gasteiger partial charge in [-0.25, -0.2) is 0 Å². The molecule has 0 spiro atoms.